The molecular weight excluding hydrogens is 336 g/mol. The van der Waals surface area contributed by atoms with Crippen LogP contribution in [-0.4, -0.2) is 16.9 Å². The number of amides is 2. The maximum Gasteiger partial charge on any atom is 0.265 e. The van der Waals surface area contributed by atoms with Crippen molar-refractivity contribution < 1.29 is 9.59 Å². The second kappa shape index (κ2) is 7.68. The van der Waals surface area contributed by atoms with Crippen molar-refractivity contribution >= 4 is 46.4 Å². The standard InChI is InChI=1S/C15H13ClN4O2S/c16-11-5-1-9(2-6-11)13(21)19-15(23)18-12-7-3-10(4-8-12)14(22)20-17/h1-8H,17H2,(H,20,22)(H2,18,19,21,23). The molecule has 118 valence electrons. The third-order valence-corrected chi connectivity index (χ3v) is 3.33. The molecule has 0 radical (unpaired) electrons. The second-order valence-corrected chi connectivity index (χ2v) is 5.31. The predicted octanol–water partition coefficient (Wildman–Crippen LogP) is 2.07. The number of halogens is 1. The van der Waals surface area contributed by atoms with Crippen LogP contribution in [0.3, 0.4) is 0 Å². The monoisotopic (exact) mass is 348 g/mol. The molecule has 0 atom stereocenters. The summed E-state index contributed by atoms with van der Waals surface area (Å²) in [6, 6.07) is 12.9. The first-order valence-electron chi connectivity index (χ1n) is 6.48. The predicted molar refractivity (Wildman–Crippen MR) is 93.2 cm³/mol. The van der Waals surface area contributed by atoms with Gasteiger partial charge in [-0.1, -0.05) is 11.6 Å². The number of nitrogens with one attached hydrogen (secondary N) is 3. The maximum atomic E-state index is 12.0. The van der Waals surface area contributed by atoms with E-state index >= 15 is 0 Å². The van der Waals surface area contributed by atoms with E-state index in [9.17, 15) is 9.59 Å². The minimum Gasteiger partial charge on any atom is -0.332 e. The van der Waals surface area contributed by atoms with Crippen LogP contribution < -0.4 is 21.9 Å². The third kappa shape index (κ3) is 4.75. The molecule has 0 bridgehead atoms. The fourth-order valence-corrected chi connectivity index (χ4v) is 2.06. The molecule has 0 unspecified atom stereocenters. The minimum absolute atomic E-state index is 0.140. The Morgan fingerprint density at radius 1 is 0.913 bits per heavy atom. The summed E-state index contributed by atoms with van der Waals surface area (Å²) in [4.78, 5) is 23.3. The van der Waals surface area contributed by atoms with Gasteiger partial charge in [0.1, 0.15) is 0 Å². The van der Waals surface area contributed by atoms with Gasteiger partial charge in [-0.3, -0.25) is 20.3 Å². The molecule has 2 amide bonds. The van der Waals surface area contributed by atoms with Gasteiger partial charge in [-0.05, 0) is 60.7 Å². The van der Waals surface area contributed by atoms with Gasteiger partial charge in [0.05, 0.1) is 0 Å². The van der Waals surface area contributed by atoms with E-state index in [4.69, 9.17) is 29.7 Å². The topological polar surface area (TPSA) is 96.2 Å². The van der Waals surface area contributed by atoms with Crippen LogP contribution >= 0.6 is 23.8 Å². The highest BCUT2D eigenvalue weighted by atomic mass is 35.5. The number of rotatable bonds is 3. The van der Waals surface area contributed by atoms with Crippen molar-refractivity contribution in [3.05, 3.63) is 64.7 Å². The molecule has 6 nitrogen and oxygen atoms in total. The summed E-state index contributed by atoms with van der Waals surface area (Å²) in [5.74, 6) is 4.31. The number of thiocarbonyl (C=S) groups is 1. The zero-order valence-electron chi connectivity index (χ0n) is 11.8. The number of carbonyl (C=O) groups excluding carboxylic acids is 2. The van der Waals surface area contributed by atoms with E-state index in [1.165, 1.54) is 0 Å². The Labute approximate surface area is 143 Å². The van der Waals surface area contributed by atoms with Crippen LogP contribution in [0.25, 0.3) is 0 Å². The summed E-state index contributed by atoms with van der Waals surface area (Å²) in [6.07, 6.45) is 0. The molecule has 5 N–H and O–H groups in total. The van der Waals surface area contributed by atoms with Crippen LogP contribution in [0.15, 0.2) is 48.5 Å². The Bertz CT molecular complexity index is 732. The first-order chi connectivity index (χ1) is 11.0. The zero-order valence-corrected chi connectivity index (χ0v) is 13.4. The van der Waals surface area contributed by atoms with Crippen molar-refractivity contribution in [1.82, 2.24) is 10.7 Å². The summed E-state index contributed by atoms with van der Waals surface area (Å²) in [6.45, 7) is 0. The SMILES string of the molecule is NNC(=O)c1ccc(NC(=S)NC(=O)c2ccc(Cl)cc2)cc1. The Morgan fingerprint density at radius 2 is 1.43 bits per heavy atom. The molecule has 0 heterocycles. The second-order valence-electron chi connectivity index (χ2n) is 4.47. The number of hydrogen-bond acceptors (Lipinski definition) is 4. The molecule has 0 saturated carbocycles. The molecule has 2 rings (SSSR count). The molecule has 0 aliphatic rings. The summed E-state index contributed by atoms with van der Waals surface area (Å²) in [7, 11) is 0. The summed E-state index contributed by atoms with van der Waals surface area (Å²) < 4.78 is 0. The van der Waals surface area contributed by atoms with Gasteiger partial charge in [0, 0.05) is 21.8 Å². The van der Waals surface area contributed by atoms with E-state index in [1.807, 2.05) is 5.43 Å². The lowest BCUT2D eigenvalue weighted by Gasteiger charge is -2.10. The van der Waals surface area contributed by atoms with Crippen LogP contribution in [-0.2, 0) is 0 Å². The van der Waals surface area contributed by atoms with Crippen LogP contribution in [0.1, 0.15) is 20.7 Å². The van der Waals surface area contributed by atoms with Crippen molar-refractivity contribution in [3.63, 3.8) is 0 Å². The maximum absolute atomic E-state index is 12.0. The summed E-state index contributed by atoms with van der Waals surface area (Å²) in [5.41, 5.74) is 3.51. The van der Waals surface area contributed by atoms with E-state index in [-0.39, 0.29) is 11.0 Å². The first-order valence-corrected chi connectivity index (χ1v) is 7.27. The van der Waals surface area contributed by atoms with Crippen LogP contribution in [0.5, 0.6) is 0 Å². The third-order valence-electron chi connectivity index (χ3n) is 2.87. The largest absolute Gasteiger partial charge is 0.332 e. The van der Waals surface area contributed by atoms with Crippen LogP contribution in [0.4, 0.5) is 5.69 Å². The molecular formula is C15H13ClN4O2S. The van der Waals surface area contributed by atoms with Crippen molar-refractivity contribution in [2.75, 3.05) is 5.32 Å². The minimum atomic E-state index is -0.393. The molecule has 2 aromatic carbocycles. The molecule has 8 heteroatoms. The van der Waals surface area contributed by atoms with Gasteiger partial charge in [0.2, 0.25) is 0 Å². The van der Waals surface area contributed by atoms with Gasteiger partial charge in [0.15, 0.2) is 5.11 Å². The molecule has 0 aliphatic carbocycles. The van der Waals surface area contributed by atoms with Gasteiger partial charge in [-0.15, -0.1) is 0 Å². The lowest BCUT2D eigenvalue weighted by Crippen LogP contribution is -2.34. The van der Waals surface area contributed by atoms with Gasteiger partial charge in [-0.25, -0.2) is 5.84 Å². The molecule has 0 spiro atoms. The van der Waals surface area contributed by atoms with E-state index in [1.54, 1.807) is 48.5 Å². The first kappa shape index (κ1) is 16.9. The highest BCUT2D eigenvalue weighted by Crippen LogP contribution is 2.11. The van der Waals surface area contributed by atoms with Crippen molar-refractivity contribution in [2.45, 2.75) is 0 Å². The van der Waals surface area contributed by atoms with Gasteiger partial charge in [0.25, 0.3) is 11.8 Å². The number of hydrazine groups is 1. The molecule has 0 aliphatic heterocycles. The smallest absolute Gasteiger partial charge is 0.265 e. The number of benzene rings is 2. The Balaban J connectivity index is 1.95. The van der Waals surface area contributed by atoms with E-state index in [0.717, 1.165) is 0 Å². The lowest BCUT2D eigenvalue weighted by atomic mass is 10.2. The quantitative estimate of drug-likeness (QED) is 0.295. The molecule has 0 fully saturated rings. The molecule has 23 heavy (non-hydrogen) atoms. The fourth-order valence-electron chi connectivity index (χ4n) is 1.73. The van der Waals surface area contributed by atoms with Gasteiger partial charge in [-0.2, -0.15) is 0 Å². The van der Waals surface area contributed by atoms with Crippen molar-refractivity contribution in [3.8, 4) is 0 Å². The Morgan fingerprint density at radius 3 is 2.00 bits per heavy atom. The number of nitrogens with two attached hydrogens (primary N) is 1. The van der Waals surface area contributed by atoms with Crippen LogP contribution in [0, 0.1) is 0 Å². The number of hydrogen-bond donors (Lipinski definition) is 4. The number of anilines is 1. The van der Waals surface area contributed by atoms with E-state index in [2.05, 4.69) is 10.6 Å². The normalized spacial score (nSPS) is 9.83. The molecule has 2 aromatic rings. The van der Waals surface area contributed by atoms with Gasteiger partial charge >= 0.3 is 0 Å². The lowest BCUT2D eigenvalue weighted by molar-refractivity contribution is 0.0951. The molecule has 0 saturated heterocycles. The highest BCUT2D eigenvalue weighted by molar-refractivity contribution is 7.80. The summed E-state index contributed by atoms with van der Waals surface area (Å²) >= 11 is 10.8. The number of nitrogen functional groups attached to an aromatic ring is 1. The highest BCUT2D eigenvalue weighted by Gasteiger charge is 2.08. The Hall–Kier alpha value is -2.48. The van der Waals surface area contributed by atoms with Gasteiger partial charge < -0.3 is 5.32 Å². The molecule has 0 aromatic heterocycles. The van der Waals surface area contributed by atoms with E-state index < -0.39 is 5.91 Å². The summed E-state index contributed by atoms with van der Waals surface area (Å²) in [5, 5.41) is 6.09. The van der Waals surface area contributed by atoms with Crippen molar-refractivity contribution in [1.29, 1.82) is 0 Å². The Kier molecular flexibility index (Phi) is 5.64. The average Bonchev–Trinajstić information content (AvgIpc) is 2.55. The number of carbonyl (C=O) groups is 2. The van der Waals surface area contributed by atoms with E-state index in [0.29, 0.717) is 21.8 Å². The fraction of sp³-hybridized carbons (Fsp3) is 0. The zero-order chi connectivity index (χ0) is 16.8. The van der Waals surface area contributed by atoms with Crippen molar-refractivity contribution in [2.24, 2.45) is 5.84 Å². The average molecular weight is 349 g/mol. The van der Waals surface area contributed by atoms with Crippen LogP contribution in [0.2, 0.25) is 5.02 Å².